The molecule has 2 heterocycles. The smallest absolute Gasteiger partial charge is 0.166 e. The third-order valence-corrected chi connectivity index (χ3v) is 4.87. The minimum absolute atomic E-state index is 0.335. The summed E-state index contributed by atoms with van der Waals surface area (Å²) in [4.78, 5) is 10.6. The summed E-state index contributed by atoms with van der Waals surface area (Å²) in [7, 11) is 1.71. The van der Waals surface area contributed by atoms with Gasteiger partial charge in [-0.15, -0.1) is 0 Å². The summed E-state index contributed by atoms with van der Waals surface area (Å²) in [5.74, 6) is 0.464. The molecule has 1 aromatic heterocycles. The van der Waals surface area contributed by atoms with Crippen molar-refractivity contribution in [2.45, 2.75) is 26.0 Å². The normalized spacial score (nSPS) is 18.4. The van der Waals surface area contributed by atoms with E-state index in [0.717, 1.165) is 12.0 Å². The number of aliphatic imine (C=N–C) groups is 1. The quantitative estimate of drug-likeness (QED) is 0.863. The predicted octanol–water partition coefficient (Wildman–Crippen LogP) is 3.34. The summed E-state index contributed by atoms with van der Waals surface area (Å²) in [5.41, 5.74) is 1.81. The number of rotatable bonds is 4. The first kappa shape index (κ1) is 18.2. The molecule has 0 bridgehead atoms. The summed E-state index contributed by atoms with van der Waals surface area (Å²) in [6.07, 6.45) is 2.32. The van der Waals surface area contributed by atoms with Crippen LogP contribution in [0.4, 0.5) is 11.5 Å². The molecule has 0 saturated carbocycles. The molecule has 1 atom stereocenters. The van der Waals surface area contributed by atoms with Gasteiger partial charge in [-0.2, -0.15) is 5.26 Å². The number of hydrogen-bond donors (Lipinski definition) is 2. The third-order valence-electron chi connectivity index (χ3n) is 4.61. The lowest BCUT2D eigenvalue weighted by molar-refractivity contribution is -0.0582. The number of hydrogen-bond acceptors (Lipinski definition) is 6. The highest BCUT2D eigenvalue weighted by molar-refractivity contribution is 6.30. The summed E-state index contributed by atoms with van der Waals surface area (Å²) < 4.78 is 0. The van der Waals surface area contributed by atoms with E-state index in [0.29, 0.717) is 39.9 Å². The number of aromatic nitrogens is 1. The molecule has 26 heavy (non-hydrogen) atoms. The van der Waals surface area contributed by atoms with Crippen LogP contribution in [0.25, 0.3) is 0 Å². The molecule has 2 aromatic rings. The van der Waals surface area contributed by atoms with Crippen LogP contribution in [0.3, 0.4) is 0 Å². The van der Waals surface area contributed by atoms with Crippen LogP contribution in [-0.2, 0) is 12.1 Å². The molecule has 1 aliphatic heterocycles. The van der Waals surface area contributed by atoms with Crippen molar-refractivity contribution >= 4 is 29.4 Å². The molecule has 2 N–H and O–H groups in total. The first-order chi connectivity index (χ1) is 12.4. The van der Waals surface area contributed by atoms with Gasteiger partial charge in [0.15, 0.2) is 5.72 Å². The van der Waals surface area contributed by atoms with Crippen molar-refractivity contribution in [2.75, 3.05) is 18.9 Å². The number of anilines is 1. The number of nitrogens with zero attached hydrogens (tertiary/aromatic N) is 4. The van der Waals surface area contributed by atoms with E-state index in [9.17, 15) is 10.4 Å². The molecule has 0 aliphatic carbocycles. The lowest BCUT2D eigenvalue weighted by Gasteiger charge is -2.40. The lowest BCUT2D eigenvalue weighted by atomic mass is 9.95. The standard InChI is InChI=1S/C19H20ClN5O/c1-12-16-17(15(10-21)18(22-3)24-12)23-11-25(19(16,2)26)9-8-13-4-6-14(20)7-5-13/h4-7,11,26H,8-9H2,1-3H3,(H,22,24). The van der Waals surface area contributed by atoms with E-state index in [1.165, 1.54) is 0 Å². The maximum absolute atomic E-state index is 11.2. The molecule has 0 amide bonds. The summed E-state index contributed by atoms with van der Waals surface area (Å²) in [6, 6.07) is 9.76. The Bertz CT molecular complexity index is 900. The van der Waals surface area contributed by atoms with E-state index >= 15 is 0 Å². The molecular weight excluding hydrogens is 350 g/mol. The Balaban J connectivity index is 1.94. The van der Waals surface area contributed by atoms with Crippen LogP contribution in [0.1, 0.15) is 29.3 Å². The monoisotopic (exact) mass is 369 g/mol. The van der Waals surface area contributed by atoms with Crippen molar-refractivity contribution in [3.63, 3.8) is 0 Å². The summed E-state index contributed by atoms with van der Waals surface area (Å²) in [6.45, 7) is 4.08. The van der Waals surface area contributed by atoms with E-state index < -0.39 is 5.72 Å². The van der Waals surface area contributed by atoms with Gasteiger partial charge in [-0.3, -0.25) is 0 Å². The Hall–Kier alpha value is -2.62. The zero-order valence-corrected chi connectivity index (χ0v) is 15.7. The molecule has 0 radical (unpaired) electrons. The van der Waals surface area contributed by atoms with Crippen LogP contribution < -0.4 is 5.32 Å². The minimum atomic E-state index is -1.31. The Morgan fingerprint density at radius 1 is 1.35 bits per heavy atom. The number of nitrogens with one attached hydrogen (secondary N) is 1. The zero-order valence-electron chi connectivity index (χ0n) is 14.9. The number of aliphatic hydroxyl groups is 1. The van der Waals surface area contributed by atoms with Crippen LogP contribution in [0.5, 0.6) is 0 Å². The Morgan fingerprint density at radius 2 is 2.04 bits per heavy atom. The first-order valence-electron chi connectivity index (χ1n) is 8.29. The maximum atomic E-state index is 11.2. The molecule has 6 nitrogen and oxygen atoms in total. The van der Waals surface area contributed by atoms with Crippen molar-refractivity contribution in [1.29, 1.82) is 5.26 Å². The van der Waals surface area contributed by atoms with Crippen LogP contribution in [0.2, 0.25) is 5.02 Å². The second-order valence-corrected chi connectivity index (χ2v) is 6.78. The van der Waals surface area contributed by atoms with Crippen molar-refractivity contribution in [3.8, 4) is 6.07 Å². The van der Waals surface area contributed by atoms with Crippen molar-refractivity contribution in [3.05, 3.63) is 51.7 Å². The Labute approximate surface area is 157 Å². The molecule has 0 fully saturated rings. The largest absolute Gasteiger partial charge is 0.372 e. The van der Waals surface area contributed by atoms with E-state index in [2.05, 4.69) is 21.4 Å². The van der Waals surface area contributed by atoms with Crippen LogP contribution in [-0.4, -0.2) is 34.9 Å². The van der Waals surface area contributed by atoms with E-state index in [-0.39, 0.29) is 0 Å². The third kappa shape index (κ3) is 3.12. The molecular formula is C19H20ClN5O. The average Bonchev–Trinajstić information content (AvgIpc) is 2.61. The van der Waals surface area contributed by atoms with Gasteiger partial charge in [0.05, 0.1) is 17.6 Å². The van der Waals surface area contributed by atoms with Gasteiger partial charge < -0.3 is 15.3 Å². The number of halogens is 1. The fraction of sp³-hybridized carbons (Fsp3) is 0.316. The van der Waals surface area contributed by atoms with E-state index in [4.69, 9.17) is 11.6 Å². The second-order valence-electron chi connectivity index (χ2n) is 6.34. The molecule has 3 rings (SSSR count). The van der Waals surface area contributed by atoms with Crippen molar-refractivity contribution < 1.29 is 5.11 Å². The average molecular weight is 370 g/mol. The van der Waals surface area contributed by atoms with Gasteiger partial charge in [0, 0.05) is 24.3 Å². The number of aryl methyl sites for hydroxylation is 1. The number of benzene rings is 1. The Morgan fingerprint density at radius 3 is 2.65 bits per heavy atom. The van der Waals surface area contributed by atoms with Gasteiger partial charge in [-0.05, 0) is 38.0 Å². The number of pyridine rings is 1. The number of nitriles is 1. The fourth-order valence-corrected chi connectivity index (χ4v) is 3.36. The molecule has 1 unspecified atom stereocenters. The van der Waals surface area contributed by atoms with Gasteiger partial charge >= 0.3 is 0 Å². The van der Waals surface area contributed by atoms with Gasteiger partial charge in [0.1, 0.15) is 17.5 Å². The van der Waals surface area contributed by atoms with Gasteiger partial charge in [0.25, 0.3) is 0 Å². The highest BCUT2D eigenvalue weighted by Crippen LogP contribution is 2.41. The first-order valence-corrected chi connectivity index (χ1v) is 8.67. The highest BCUT2D eigenvalue weighted by atomic mass is 35.5. The fourth-order valence-electron chi connectivity index (χ4n) is 3.23. The highest BCUT2D eigenvalue weighted by Gasteiger charge is 2.38. The molecule has 0 saturated heterocycles. The lowest BCUT2D eigenvalue weighted by Crippen LogP contribution is -2.46. The molecule has 1 aromatic carbocycles. The zero-order chi connectivity index (χ0) is 18.9. The minimum Gasteiger partial charge on any atom is -0.372 e. The van der Waals surface area contributed by atoms with Crippen molar-refractivity contribution in [1.82, 2.24) is 9.88 Å². The summed E-state index contributed by atoms with van der Waals surface area (Å²) >= 11 is 5.92. The van der Waals surface area contributed by atoms with Gasteiger partial charge in [0.2, 0.25) is 0 Å². The van der Waals surface area contributed by atoms with E-state index in [1.807, 2.05) is 31.2 Å². The maximum Gasteiger partial charge on any atom is 0.166 e. The van der Waals surface area contributed by atoms with Crippen molar-refractivity contribution in [2.24, 2.45) is 4.99 Å². The van der Waals surface area contributed by atoms with E-state index in [1.54, 1.807) is 25.2 Å². The molecule has 0 spiro atoms. The second kappa shape index (κ2) is 6.94. The van der Waals surface area contributed by atoms with Crippen LogP contribution >= 0.6 is 11.6 Å². The van der Waals surface area contributed by atoms with Gasteiger partial charge in [-0.25, -0.2) is 9.98 Å². The predicted molar refractivity (Wildman–Crippen MR) is 103 cm³/mol. The summed E-state index contributed by atoms with van der Waals surface area (Å²) in [5, 5.41) is 24.3. The molecule has 1 aliphatic rings. The molecule has 7 heteroatoms. The van der Waals surface area contributed by atoms with Crippen LogP contribution in [0, 0.1) is 18.3 Å². The number of fused-ring (bicyclic) bond motifs is 1. The van der Waals surface area contributed by atoms with Crippen LogP contribution in [0.15, 0.2) is 29.3 Å². The van der Waals surface area contributed by atoms with Gasteiger partial charge in [-0.1, -0.05) is 23.7 Å². The molecule has 134 valence electrons. The Kier molecular flexibility index (Phi) is 4.86. The SMILES string of the molecule is CNc1nc(C)c2c(c1C#N)N=CN(CCc1ccc(Cl)cc1)C2(C)O. The topological polar surface area (TPSA) is 84.5 Å².